The van der Waals surface area contributed by atoms with Crippen molar-refractivity contribution in [2.24, 2.45) is 0 Å². The summed E-state index contributed by atoms with van der Waals surface area (Å²) >= 11 is 6.31. The maximum atomic E-state index is 13.8. The van der Waals surface area contributed by atoms with Gasteiger partial charge in [0.25, 0.3) is 15.9 Å². The zero-order chi connectivity index (χ0) is 23.8. The van der Waals surface area contributed by atoms with E-state index in [4.69, 9.17) is 11.6 Å². The molecule has 33 heavy (non-hydrogen) atoms. The quantitative estimate of drug-likeness (QED) is 0.479. The first-order valence-electron chi connectivity index (χ1n) is 10.4. The minimum atomic E-state index is -4.21. The fourth-order valence-electron chi connectivity index (χ4n) is 3.92. The summed E-state index contributed by atoms with van der Waals surface area (Å²) in [4.78, 5) is 13.3. The molecule has 0 fully saturated rings. The highest BCUT2D eigenvalue weighted by atomic mass is 35.5. The highest BCUT2D eigenvalue weighted by molar-refractivity contribution is 7.97. The topological polar surface area (TPSA) is 66.5 Å². The lowest BCUT2D eigenvalue weighted by atomic mass is 9.95. The zero-order valence-corrected chi connectivity index (χ0v) is 19.9. The smallest absolute Gasteiger partial charge is 0.270 e. The van der Waals surface area contributed by atoms with Crippen molar-refractivity contribution in [3.8, 4) is 0 Å². The molecule has 1 N–H and O–H groups in total. The third kappa shape index (κ3) is 4.08. The van der Waals surface area contributed by atoms with Gasteiger partial charge in [-0.25, -0.2) is 8.42 Å². The summed E-state index contributed by atoms with van der Waals surface area (Å²) in [6.45, 7) is 7.52. The molecule has 1 aliphatic rings. The second kappa shape index (κ2) is 8.89. The Morgan fingerprint density at radius 2 is 1.79 bits per heavy atom. The van der Waals surface area contributed by atoms with Gasteiger partial charge < -0.3 is 5.32 Å². The van der Waals surface area contributed by atoms with Crippen LogP contribution in [-0.4, -0.2) is 20.9 Å². The highest BCUT2D eigenvalue weighted by Gasteiger charge is 2.41. The summed E-state index contributed by atoms with van der Waals surface area (Å²) in [5.41, 5.74) is 4.35. The standard InChI is InChI=1S/C26H23ClN2O3S/c1-4-15-29-23-14-13-20(27)16-21(23)24(19-10-6-5-7-11-19)25(33(29,31)32)26(30)28-22-12-8-9-17(2)18(22)3/h4-14,16H,1,15H2,2-3H3,(H,28,30). The first-order valence-corrected chi connectivity index (χ1v) is 12.2. The van der Waals surface area contributed by atoms with E-state index < -0.39 is 15.9 Å². The fraction of sp³-hybridized carbons (Fsp3) is 0.115. The van der Waals surface area contributed by atoms with Gasteiger partial charge in [-0.05, 0) is 54.8 Å². The van der Waals surface area contributed by atoms with E-state index in [0.29, 0.717) is 33.1 Å². The van der Waals surface area contributed by atoms with E-state index in [-0.39, 0.29) is 11.4 Å². The maximum absolute atomic E-state index is 13.8. The molecular formula is C26H23ClN2O3S. The second-order valence-corrected chi connectivity index (χ2v) is 9.99. The van der Waals surface area contributed by atoms with Crippen molar-refractivity contribution >= 4 is 44.5 Å². The molecule has 0 atom stereocenters. The van der Waals surface area contributed by atoms with Gasteiger partial charge in [0.05, 0.1) is 12.2 Å². The number of halogens is 1. The summed E-state index contributed by atoms with van der Waals surface area (Å²) in [7, 11) is -4.21. The minimum absolute atomic E-state index is 0.0132. The molecule has 4 rings (SSSR count). The molecular weight excluding hydrogens is 456 g/mol. The predicted octanol–water partition coefficient (Wildman–Crippen LogP) is 5.69. The van der Waals surface area contributed by atoms with E-state index in [1.165, 1.54) is 10.4 Å². The van der Waals surface area contributed by atoms with Crippen LogP contribution in [-0.2, 0) is 14.8 Å². The molecule has 0 bridgehead atoms. The van der Waals surface area contributed by atoms with E-state index >= 15 is 0 Å². The summed E-state index contributed by atoms with van der Waals surface area (Å²) in [5.74, 6) is -0.706. The maximum Gasteiger partial charge on any atom is 0.270 e. The van der Waals surface area contributed by atoms with Gasteiger partial charge in [0.15, 0.2) is 4.91 Å². The van der Waals surface area contributed by atoms with Crippen LogP contribution in [0.2, 0.25) is 5.02 Å². The SMILES string of the molecule is C=CCN1c2ccc(Cl)cc2C(c2ccccc2)=C(C(=O)Nc2cccc(C)c2C)S1(=O)=O. The molecule has 1 heterocycles. The average molecular weight is 479 g/mol. The van der Waals surface area contributed by atoms with Gasteiger partial charge in [-0.2, -0.15) is 0 Å². The number of carbonyl (C=O) groups is 1. The predicted molar refractivity (Wildman–Crippen MR) is 135 cm³/mol. The first-order chi connectivity index (χ1) is 15.8. The number of fused-ring (bicyclic) bond motifs is 1. The van der Waals surface area contributed by atoms with Gasteiger partial charge in [-0.15, -0.1) is 6.58 Å². The number of rotatable bonds is 5. The number of hydrogen-bond donors (Lipinski definition) is 1. The van der Waals surface area contributed by atoms with Crippen molar-refractivity contribution in [2.45, 2.75) is 13.8 Å². The highest BCUT2D eigenvalue weighted by Crippen LogP contribution is 2.44. The third-order valence-corrected chi connectivity index (χ3v) is 7.75. The first kappa shape index (κ1) is 22.8. The Kier molecular flexibility index (Phi) is 6.15. The molecule has 0 aliphatic carbocycles. The number of hydrogen-bond acceptors (Lipinski definition) is 3. The van der Waals surface area contributed by atoms with Crippen LogP contribution >= 0.6 is 11.6 Å². The molecule has 1 aliphatic heterocycles. The lowest BCUT2D eigenvalue weighted by molar-refractivity contribution is -0.112. The van der Waals surface area contributed by atoms with Crippen LogP contribution in [0, 0.1) is 13.8 Å². The normalized spacial score (nSPS) is 14.6. The Labute approximate surface area is 199 Å². The van der Waals surface area contributed by atoms with Gasteiger partial charge in [0.2, 0.25) is 0 Å². The molecule has 0 spiro atoms. The second-order valence-electron chi connectivity index (χ2n) is 7.76. The molecule has 7 heteroatoms. The summed E-state index contributed by atoms with van der Waals surface area (Å²) in [6, 6.07) is 19.5. The summed E-state index contributed by atoms with van der Waals surface area (Å²) in [5, 5.41) is 3.26. The van der Waals surface area contributed by atoms with E-state index in [1.807, 2.05) is 32.0 Å². The van der Waals surface area contributed by atoms with Crippen molar-refractivity contribution in [1.29, 1.82) is 0 Å². The Morgan fingerprint density at radius 3 is 2.48 bits per heavy atom. The third-order valence-electron chi connectivity index (χ3n) is 5.69. The summed E-state index contributed by atoms with van der Waals surface area (Å²) < 4.78 is 28.9. The van der Waals surface area contributed by atoms with E-state index in [0.717, 1.165) is 11.1 Å². The number of sulfonamides is 1. The average Bonchev–Trinajstić information content (AvgIpc) is 2.79. The van der Waals surface area contributed by atoms with Crippen molar-refractivity contribution in [1.82, 2.24) is 0 Å². The van der Waals surface area contributed by atoms with Crippen LogP contribution in [0.15, 0.2) is 84.3 Å². The van der Waals surface area contributed by atoms with Crippen LogP contribution in [0.3, 0.4) is 0 Å². The largest absolute Gasteiger partial charge is 0.321 e. The van der Waals surface area contributed by atoms with Crippen molar-refractivity contribution in [3.63, 3.8) is 0 Å². The van der Waals surface area contributed by atoms with Gasteiger partial charge in [0, 0.05) is 21.8 Å². The van der Waals surface area contributed by atoms with Crippen molar-refractivity contribution in [2.75, 3.05) is 16.2 Å². The van der Waals surface area contributed by atoms with Crippen molar-refractivity contribution in [3.05, 3.63) is 112 Å². The number of nitrogens with one attached hydrogen (secondary N) is 1. The Balaban J connectivity index is 2.02. The molecule has 0 radical (unpaired) electrons. The molecule has 1 amide bonds. The molecule has 5 nitrogen and oxygen atoms in total. The van der Waals surface area contributed by atoms with E-state index in [9.17, 15) is 13.2 Å². The number of aryl methyl sites for hydroxylation is 1. The molecule has 168 valence electrons. The molecule has 0 unspecified atom stereocenters. The number of benzene rings is 3. The van der Waals surface area contributed by atoms with E-state index in [2.05, 4.69) is 11.9 Å². The van der Waals surface area contributed by atoms with Crippen LogP contribution in [0.4, 0.5) is 11.4 Å². The van der Waals surface area contributed by atoms with Gasteiger partial charge in [0.1, 0.15) is 0 Å². The van der Waals surface area contributed by atoms with Crippen LogP contribution in [0.1, 0.15) is 22.3 Å². The lowest BCUT2D eigenvalue weighted by Crippen LogP contribution is -2.40. The van der Waals surface area contributed by atoms with Gasteiger partial charge in [-0.1, -0.05) is 60.1 Å². The monoisotopic (exact) mass is 478 g/mol. The Hall–Kier alpha value is -3.35. The number of carbonyl (C=O) groups excluding carboxylic acids is 1. The van der Waals surface area contributed by atoms with Gasteiger partial charge in [-0.3, -0.25) is 9.10 Å². The Morgan fingerprint density at radius 1 is 1.06 bits per heavy atom. The lowest BCUT2D eigenvalue weighted by Gasteiger charge is -2.33. The molecule has 3 aromatic carbocycles. The number of anilines is 2. The van der Waals surface area contributed by atoms with Crippen molar-refractivity contribution < 1.29 is 13.2 Å². The zero-order valence-electron chi connectivity index (χ0n) is 18.3. The van der Waals surface area contributed by atoms with Gasteiger partial charge >= 0.3 is 0 Å². The van der Waals surface area contributed by atoms with Crippen LogP contribution in [0.5, 0.6) is 0 Å². The Bertz CT molecular complexity index is 1400. The fourth-order valence-corrected chi connectivity index (χ4v) is 5.80. The molecule has 0 saturated carbocycles. The molecule has 3 aromatic rings. The molecule has 0 saturated heterocycles. The number of amides is 1. The van der Waals surface area contributed by atoms with Crippen LogP contribution < -0.4 is 9.62 Å². The number of nitrogens with zero attached hydrogens (tertiary/aromatic N) is 1. The summed E-state index contributed by atoms with van der Waals surface area (Å²) in [6.07, 6.45) is 1.49. The minimum Gasteiger partial charge on any atom is -0.321 e. The van der Waals surface area contributed by atoms with E-state index in [1.54, 1.807) is 48.5 Å². The molecule has 0 aromatic heterocycles. The van der Waals surface area contributed by atoms with Crippen LogP contribution in [0.25, 0.3) is 5.57 Å².